The van der Waals surface area contributed by atoms with E-state index in [0.717, 1.165) is 6.42 Å². The summed E-state index contributed by atoms with van der Waals surface area (Å²) in [6.07, 6.45) is 3.88. The van der Waals surface area contributed by atoms with E-state index in [4.69, 9.17) is 0 Å². The van der Waals surface area contributed by atoms with Crippen molar-refractivity contribution in [3.8, 4) is 0 Å². The van der Waals surface area contributed by atoms with Gasteiger partial charge in [-0.1, -0.05) is 24.3 Å². The summed E-state index contributed by atoms with van der Waals surface area (Å²) in [6.45, 7) is 8.36. The molecule has 2 nitrogen and oxygen atoms in total. The molecule has 0 saturated carbocycles. The zero-order chi connectivity index (χ0) is 12.6. The Morgan fingerprint density at radius 1 is 1.22 bits per heavy atom. The van der Waals surface area contributed by atoms with E-state index in [9.17, 15) is 0 Å². The number of likely N-dealkylation sites (tertiary alicyclic amines) is 1. The molecule has 0 amide bonds. The molecular weight excluding hydrogens is 220 g/mol. The first-order chi connectivity index (χ1) is 8.64. The molecule has 2 heteroatoms. The highest BCUT2D eigenvalue weighted by Gasteiger charge is 2.32. The fourth-order valence-electron chi connectivity index (χ4n) is 3.48. The zero-order valence-electron chi connectivity index (χ0n) is 11.6. The molecule has 2 aliphatic heterocycles. The molecule has 1 atom stereocenters. The summed E-state index contributed by atoms with van der Waals surface area (Å²) in [5, 5.41) is 3.83. The van der Waals surface area contributed by atoms with Crippen LogP contribution in [0.4, 0.5) is 0 Å². The standard InChI is InChI=1S/C16H24N2/c1-16(2)11-13-7-3-4-8-14(13)15(17-16)12-18-9-5-6-10-18/h3-4,7-8,15,17H,5-6,9-12H2,1-2H3. The number of rotatable bonds is 2. The monoisotopic (exact) mass is 244 g/mol. The van der Waals surface area contributed by atoms with Gasteiger partial charge in [-0.3, -0.25) is 0 Å². The van der Waals surface area contributed by atoms with E-state index in [1.54, 1.807) is 0 Å². The maximum absolute atomic E-state index is 3.83. The van der Waals surface area contributed by atoms with Gasteiger partial charge in [-0.25, -0.2) is 0 Å². The van der Waals surface area contributed by atoms with Gasteiger partial charge >= 0.3 is 0 Å². The highest BCUT2D eigenvalue weighted by atomic mass is 15.2. The van der Waals surface area contributed by atoms with E-state index in [-0.39, 0.29) is 5.54 Å². The fourth-order valence-corrected chi connectivity index (χ4v) is 3.48. The number of benzene rings is 1. The van der Waals surface area contributed by atoms with Gasteiger partial charge in [0.2, 0.25) is 0 Å². The van der Waals surface area contributed by atoms with E-state index in [1.165, 1.54) is 43.6 Å². The Hall–Kier alpha value is -0.860. The smallest absolute Gasteiger partial charge is 0.0456 e. The SMILES string of the molecule is CC1(C)Cc2ccccc2C(CN2CCCC2)N1. The first-order valence-electron chi connectivity index (χ1n) is 7.22. The zero-order valence-corrected chi connectivity index (χ0v) is 11.6. The Labute approximate surface area is 110 Å². The summed E-state index contributed by atoms with van der Waals surface area (Å²) in [5.74, 6) is 0. The van der Waals surface area contributed by atoms with Gasteiger partial charge in [0.25, 0.3) is 0 Å². The van der Waals surface area contributed by atoms with Gasteiger partial charge in [-0.05, 0) is 57.3 Å². The normalized spacial score (nSPS) is 27.1. The Morgan fingerprint density at radius 2 is 1.94 bits per heavy atom. The number of hydrogen-bond donors (Lipinski definition) is 1. The van der Waals surface area contributed by atoms with Gasteiger partial charge in [0, 0.05) is 18.1 Å². The molecule has 1 N–H and O–H groups in total. The van der Waals surface area contributed by atoms with Crippen LogP contribution < -0.4 is 5.32 Å². The summed E-state index contributed by atoms with van der Waals surface area (Å²) in [4.78, 5) is 2.61. The first-order valence-corrected chi connectivity index (χ1v) is 7.22. The van der Waals surface area contributed by atoms with E-state index in [0.29, 0.717) is 6.04 Å². The van der Waals surface area contributed by atoms with Crippen molar-refractivity contribution in [3.63, 3.8) is 0 Å². The van der Waals surface area contributed by atoms with Gasteiger partial charge in [0.05, 0.1) is 0 Å². The van der Waals surface area contributed by atoms with Crippen molar-refractivity contribution >= 4 is 0 Å². The number of hydrogen-bond acceptors (Lipinski definition) is 2. The minimum atomic E-state index is 0.221. The van der Waals surface area contributed by atoms with Crippen LogP contribution in [0.25, 0.3) is 0 Å². The lowest BCUT2D eigenvalue weighted by Gasteiger charge is -2.40. The van der Waals surface area contributed by atoms with Gasteiger partial charge in [0.15, 0.2) is 0 Å². The van der Waals surface area contributed by atoms with Crippen molar-refractivity contribution in [2.24, 2.45) is 0 Å². The second kappa shape index (κ2) is 4.67. The molecule has 1 saturated heterocycles. The molecule has 1 aromatic carbocycles. The fraction of sp³-hybridized carbons (Fsp3) is 0.625. The summed E-state index contributed by atoms with van der Waals surface area (Å²) in [5.41, 5.74) is 3.27. The van der Waals surface area contributed by atoms with E-state index >= 15 is 0 Å². The van der Waals surface area contributed by atoms with E-state index < -0.39 is 0 Å². The molecule has 1 fully saturated rings. The number of fused-ring (bicyclic) bond motifs is 1. The topological polar surface area (TPSA) is 15.3 Å². The Morgan fingerprint density at radius 3 is 2.72 bits per heavy atom. The summed E-state index contributed by atoms with van der Waals surface area (Å²) in [7, 11) is 0. The third-order valence-corrected chi connectivity index (χ3v) is 4.27. The lowest BCUT2D eigenvalue weighted by Crippen LogP contribution is -2.50. The summed E-state index contributed by atoms with van der Waals surface area (Å²) >= 11 is 0. The van der Waals surface area contributed by atoms with Crippen molar-refractivity contribution < 1.29 is 0 Å². The van der Waals surface area contributed by atoms with E-state index in [1.807, 2.05) is 0 Å². The third-order valence-electron chi connectivity index (χ3n) is 4.27. The molecule has 3 rings (SSSR count). The van der Waals surface area contributed by atoms with Gasteiger partial charge in [-0.15, -0.1) is 0 Å². The van der Waals surface area contributed by atoms with Gasteiger partial charge < -0.3 is 10.2 Å². The Balaban J connectivity index is 1.84. The van der Waals surface area contributed by atoms with Crippen molar-refractivity contribution in [2.75, 3.05) is 19.6 Å². The largest absolute Gasteiger partial charge is 0.303 e. The Bertz CT molecular complexity index is 419. The molecule has 0 aliphatic carbocycles. The average Bonchev–Trinajstić information content (AvgIpc) is 2.80. The maximum Gasteiger partial charge on any atom is 0.0456 e. The Kier molecular flexibility index (Phi) is 3.16. The molecule has 0 spiro atoms. The van der Waals surface area contributed by atoms with Crippen LogP contribution in [-0.4, -0.2) is 30.1 Å². The average molecular weight is 244 g/mol. The molecule has 0 radical (unpaired) electrons. The second-order valence-electron chi connectivity index (χ2n) is 6.46. The molecule has 18 heavy (non-hydrogen) atoms. The van der Waals surface area contributed by atoms with Crippen molar-refractivity contribution in [3.05, 3.63) is 35.4 Å². The molecule has 0 aromatic heterocycles. The van der Waals surface area contributed by atoms with Crippen LogP contribution in [0.15, 0.2) is 24.3 Å². The predicted octanol–water partition coefficient (Wildman–Crippen LogP) is 2.75. The summed E-state index contributed by atoms with van der Waals surface area (Å²) < 4.78 is 0. The molecule has 1 unspecified atom stereocenters. The van der Waals surface area contributed by atoms with Crippen LogP contribution in [-0.2, 0) is 6.42 Å². The van der Waals surface area contributed by atoms with Crippen LogP contribution >= 0.6 is 0 Å². The molecule has 2 heterocycles. The van der Waals surface area contributed by atoms with Crippen LogP contribution in [0.1, 0.15) is 43.9 Å². The van der Waals surface area contributed by atoms with Crippen LogP contribution in [0.5, 0.6) is 0 Å². The molecule has 2 aliphatic rings. The lowest BCUT2D eigenvalue weighted by atomic mass is 9.83. The van der Waals surface area contributed by atoms with Crippen LogP contribution in [0.3, 0.4) is 0 Å². The minimum absolute atomic E-state index is 0.221. The number of nitrogens with one attached hydrogen (secondary N) is 1. The lowest BCUT2D eigenvalue weighted by molar-refractivity contribution is 0.235. The minimum Gasteiger partial charge on any atom is -0.303 e. The van der Waals surface area contributed by atoms with E-state index in [2.05, 4.69) is 48.3 Å². The quantitative estimate of drug-likeness (QED) is 0.860. The highest BCUT2D eigenvalue weighted by Crippen LogP contribution is 2.31. The second-order valence-corrected chi connectivity index (χ2v) is 6.46. The first kappa shape index (κ1) is 12.2. The molecular formula is C16H24N2. The van der Waals surface area contributed by atoms with Gasteiger partial charge in [0.1, 0.15) is 0 Å². The van der Waals surface area contributed by atoms with Crippen molar-refractivity contribution in [1.82, 2.24) is 10.2 Å². The molecule has 1 aromatic rings. The summed E-state index contributed by atoms with van der Waals surface area (Å²) in [6, 6.07) is 9.46. The van der Waals surface area contributed by atoms with Crippen LogP contribution in [0.2, 0.25) is 0 Å². The van der Waals surface area contributed by atoms with Crippen LogP contribution in [0, 0.1) is 0 Å². The molecule has 0 bridgehead atoms. The van der Waals surface area contributed by atoms with Gasteiger partial charge in [-0.2, -0.15) is 0 Å². The van der Waals surface area contributed by atoms with Crippen molar-refractivity contribution in [2.45, 2.75) is 44.7 Å². The number of nitrogens with zero attached hydrogens (tertiary/aromatic N) is 1. The van der Waals surface area contributed by atoms with Crippen molar-refractivity contribution in [1.29, 1.82) is 0 Å². The predicted molar refractivity (Wildman–Crippen MR) is 75.8 cm³/mol. The highest BCUT2D eigenvalue weighted by molar-refractivity contribution is 5.34. The maximum atomic E-state index is 3.83. The molecule has 98 valence electrons. The third kappa shape index (κ3) is 2.45.